The van der Waals surface area contributed by atoms with Gasteiger partial charge in [-0.2, -0.15) is 0 Å². The van der Waals surface area contributed by atoms with Gasteiger partial charge in [-0.25, -0.2) is 14.5 Å². The van der Waals surface area contributed by atoms with E-state index in [0.29, 0.717) is 40.0 Å². The van der Waals surface area contributed by atoms with E-state index in [-0.39, 0.29) is 5.78 Å². The highest BCUT2D eigenvalue weighted by atomic mass is 16.5. The van der Waals surface area contributed by atoms with Crippen molar-refractivity contribution in [3.8, 4) is 17.3 Å². The van der Waals surface area contributed by atoms with Crippen molar-refractivity contribution in [3.63, 3.8) is 0 Å². The lowest BCUT2D eigenvalue weighted by Gasteiger charge is -2.26. The molecule has 5 heterocycles. The summed E-state index contributed by atoms with van der Waals surface area (Å²) in [6.07, 6.45) is 6.51. The number of carbonyl (C=O) groups excluding carboxylic acids is 1. The Morgan fingerprint density at radius 2 is 2.14 bits per heavy atom. The first kappa shape index (κ1) is 16.4. The minimum Gasteiger partial charge on any atom is -0.468 e. The number of furan rings is 1. The molecule has 138 valence electrons. The second-order valence-electron chi connectivity index (χ2n) is 6.49. The Bertz CT molecular complexity index is 1230. The molecule has 0 bridgehead atoms. The third-order valence-corrected chi connectivity index (χ3v) is 4.72. The number of allylic oxidation sites excluding steroid dienone is 2. The van der Waals surface area contributed by atoms with Gasteiger partial charge in [0.05, 0.1) is 17.7 Å². The number of ketones is 1. The van der Waals surface area contributed by atoms with Crippen LogP contribution < -0.4 is 4.74 Å². The van der Waals surface area contributed by atoms with Crippen LogP contribution in [-0.2, 0) is 4.79 Å². The summed E-state index contributed by atoms with van der Waals surface area (Å²) in [7, 11) is 0. The highest BCUT2D eigenvalue weighted by Gasteiger charge is 2.37. The Kier molecular flexibility index (Phi) is 3.58. The quantitative estimate of drug-likeness (QED) is 0.544. The maximum Gasteiger partial charge on any atom is 0.228 e. The Hall–Kier alpha value is -3.81. The summed E-state index contributed by atoms with van der Waals surface area (Å²) in [5.74, 6) is 1.45. The molecule has 0 saturated carbocycles. The van der Waals surface area contributed by atoms with Crippen LogP contribution in [0.15, 0.2) is 65.0 Å². The van der Waals surface area contributed by atoms with Crippen molar-refractivity contribution in [1.29, 1.82) is 0 Å². The summed E-state index contributed by atoms with van der Waals surface area (Å²) >= 11 is 0. The number of hydrogen-bond donors (Lipinski definition) is 0. The maximum atomic E-state index is 12.4. The van der Waals surface area contributed by atoms with Crippen LogP contribution in [0.25, 0.3) is 17.0 Å². The molecule has 0 amide bonds. The van der Waals surface area contributed by atoms with Crippen molar-refractivity contribution in [3.05, 3.63) is 71.9 Å². The largest absolute Gasteiger partial charge is 0.468 e. The highest BCUT2D eigenvalue weighted by Crippen LogP contribution is 2.44. The van der Waals surface area contributed by atoms with Gasteiger partial charge in [-0.15, -0.1) is 5.10 Å². The van der Waals surface area contributed by atoms with Crippen LogP contribution in [0.4, 0.5) is 0 Å². The van der Waals surface area contributed by atoms with Gasteiger partial charge in [-0.05, 0) is 38.1 Å². The van der Waals surface area contributed by atoms with Crippen molar-refractivity contribution < 1.29 is 13.9 Å². The SMILES string of the molecule is CC(=O)C1=C(C)Oc2ncn3nc(-c4cccnc4)nc3c2[C@@H]1c1ccco1. The van der Waals surface area contributed by atoms with Gasteiger partial charge < -0.3 is 9.15 Å². The number of ether oxygens (including phenoxy) is 1. The molecule has 1 aliphatic heterocycles. The molecule has 0 spiro atoms. The predicted octanol–water partition coefficient (Wildman–Crippen LogP) is 3.17. The van der Waals surface area contributed by atoms with Gasteiger partial charge >= 0.3 is 0 Å². The molecular weight excluding hydrogens is 358 g/mol. The second kappa shape index (κ2) is 6.12. The van der Waals surface area contributed by atoms with E-state index in [4.69, 9.17) is 14.1 Å². The molecule has 0 aromatic carbocycles. The second-order valence-corrected chi connectivity index (χ2v) is 6.49. The smallest absolute Gasteiger partial charge is 0.228 e. The van der Waals surface area contributed by atoms with Gasteiger partial charge in [0.1, 0.15) is 17.8 Å². The van der Waals surface area contributed by atoms with Crippen LogP contribution in [0.3, 0.4) is 0 Å². The van der Waals surface area contributed by atoms with E-state index in [2.05, 4.69) is 15.1 Å². The lowest BCUT2D eigenvalue weighted by Crippen LogP contribution is -2.21. The van der Waals surface area contributed by atoms with Gasteiger partial charge in [0.25, 0.3) is 0 Å². The molecule has 0 aliphatic carbocycles. The summed E-state index contributed by atoms with van der Waals surface area (Å²) in [5, 5.41) is 4.51. The molecule has 0 unspecified atom stereocenters. The lowest BCUT2D eigenvalue weighted by atomic mass is 9.85. The number of nitrogens with zero attached hydrogens (tertiary/aromatic N) is 5. The number of aromatic nitrogens is 5. The molecule has 28 heavy (non-hydrogen) atoms. The first-order valence-electron chi connectivity index (χ1n) is 8.72. The molecule has 1 aliphatic rings. The molecule has 8 heteroatoms. The molecule has 0 N–H and O–H groups in total. The van der Waals surface area contributed by atoms with Crippen molar-refractivity contribution in [2.24, 2.45) is 0 Å². The van der Waals surface area contributed by atoms with Crippen molar-refractivity contribution >= 4 is 11.4 Å². The summed E-state index contributed by atoms with van der Waals surface area (Å²) in [4.78, 5) is 25.6. The number of fused-ring (bicyclic) bond motifs is 3. The molecule has 8 nitrogen and oxygen atoms in total. The molecule has 0 saturated heterocycles. The number of carbonyl (C=O) groups is 1. The Labute approximate surface area is 159 Å². The molecule has 5 rings (SSSR count). The fourth-order valence-corrected chi connectivity index (χ4v) is 3.55. The predicted molar refractivity (Wildman–Crippen MR) is 98.6 cm³/mol. The van der Waals surface area contributed by atoms with E-state index in [1.807, 2.05) is 18.2 Å². The van der Waals surface area contributed by atoms with Gasteiger partial charge in [-0.3, -0.25) is 9.78 Å². The normalized spacial score (nSPS) is 16.1. The lowest BCUT2D eigenvalue weighted by molar-refractivity contribution is -0.114. The third kappa shape index (κ3) is 2.42. The van der Waals surface area contributed by atoms with Crippen LogP contribution in [0.5, 0.6) is 5.88 Å². The fourth-order valence-electron chi connectivity index (χ4n) is 3.55. The minimum absolute atomic E-state index is 0.0986. The van der Waals surface area contributed by atoms with Gasteiger partial charge in [0, 0.05) is 23.5 Å². The standard InChI is InChI=1S/C20H15N5O3/c1-11(26)15-12(2)28-20-17(16(15)14-6-4-8-27-14)19-23-18(24-25(19)10-22-20)13-5-3-7-21-9-13/h3-10,16H,1-2H3/t16-/m1/s1. The van der Waals surface area contributed by atoms with Gasteiger partial charge in [0.2, 0.25) is 5.88 Å². The molecule has 1 atom stereocenters. The topological polar surface area (TPSA) is 95.4 Å². The van der Waals surface area contributed by atoms with Gasteiger partial charge in [0.15, 0.2) is 17.3 Å². The highest BCUT2D eigenvalue weighted by molar-refractivity contribution is 5.97. The van der Waals surface area contributed by atoms with Crippen molar-refractivity contribution in [2.75, 3.05) is 0 Å². The van der Waals surface area contributed by atoms with Crippen molar-refractivity contribution in [2.45, 2.75) is 19.8 Å². The van der Waals surface area contributed by atoms with Crippen LogP contribution in [-0.4, -0.2) is 30.3 Å². The van der Waals surface area contributed by atoms with Crippen LogP contribution in [0, 0.1) is 0 Å². The number of rotatable bonds is 3. The van der Waals surface area contributed by atoms with E-state index in [9.17, 15) is 4.79 Å². The van der Waals surface area contributed by atoms with E-state index < -0.39 is 5.92 Å². The Morgan fingerprint density at radius 3 is 2.86 bits per heavy atom. The maximum absolute atomic E-state index is 12.4. The van der Waals surface area contributed by atoms with Crippen molar-refractivity contribution in [1.82, 2.24) is 24.6 Å². The summed E-state index contributed by atoms with van der Waals surface area (Å²) < 4.78 is 13.1. The monoisotopic (exact) mass is 373 g/mol. The molecule has 4 aromatic rings. The van der Waals surface area contributed by atoms with E-state index in [1.54, 1.807) is 42.5 Å². The Balaban J connectivity index is 1.79. The zero-order valence-corrected chi connectivity index (χ0v) is 15.2. The zero-order valence-electron chi connectivity index (χ0n) is 15.2. The first-order chi connectivity index (χ1) is 13.6. The average Bonchev–Trinajstić information content (AvgIpc) is 3.37. The summed E-state index contributed by atoms with van der Waals surface area (Å²) in [5.41, 5.74) is 2.50. The molecule has 4 aromatic heterocycles. The molecular formula is C20H15N5O3. The minimum atomic E-state index is -0.474. The van der Waals surface area contributed by atoms with Crippen LogP contribution >= 0.6 is 0 Å². The number of pyridine rings is 1. The van der Waals surface area contributed by atoms with E-state index in [1.165, 1.54) is 6.92 Å². The van der Waals surface area contributed by atoms with E-state index >= 15 is 0 Å². The molecule has 0 fully saturated rings. The van der Waals surface area contributed by atoms with E-state index in [0.717, 1.165) is 5.56 Å². The Morgan fingerprint density at radius 1 is 1.25 bits per heavy atom. The third-order valence-electron chi connectivity index (χ3n) is 4.72. The number of Topliss-reactive ketones (excluding diaryl/α,β-unsaturated/α-hetero) is 1. The van der Waals surface area contributed by atoms with Gasteiger partial charge in [-0.1, -0.05) is 0 Å². The van der Waals surface area contributed by atoms with Crippen LogP contribution in [0.2, 0.25) is 0 Å². The number of hydrogen-bond acceptors (Lipinski definition) is 7. The fraction of sp³-hybridized carbons (Fsp3) is 0.150. The first-order valence-corrected chi connectivity index (χ1v) is 8.72. The summed E-state index contributed by atoms with van der Waals surface area (Å²) in [6, 6.07) is 7.32. The summed E-state index contributed by atoms with van der Waals surface area (Å²) in [6.45, 7) is 3.27. The zero-order chi connectivity index (χ0) is 19.3. The average molecular weight is 373 g/mol. The van der Waals surface area contributed by atoms with Crippen LogP contribution in [0.1, 0.15) is 31.1 Å². The molecule has 0 radical (unpaired) electrons.